The van der Waals surface area contributed by atoms with Crippen molar-refractivity contribution in [1.29, 1.82) is 0 Å². The number of piperidine rings is 1. The minimum absolute atomic E-state index is 0.316. The number of amides is 1. The van der Waals surface area contributed by atoms with Crippen molar-refractivity contribution in [2.45, 2.75) is 58.7 Å². The SMILES string of the molecule is CC.CC(C)(C)OC(=O)N1CCC2(CC1)CSC1=C(O2)c2cc(Br)ccc2C(=O)C1=O. The monoisotopic (exact) mass is 509 g/mol. The standard InChI is InChI=1S/C21H22BrNO5S.C2H6/c1-20(2,3)28-19(26)23-8-6-21(7-9-23)11-29-18-16(25)15(24)13-5-4-12(22)10-14(13)17(18)27-21;1-2/h4-5,10H,6-9,11H2,1-3H3;1-2H3. The van der Waals surface area contributed by atoms with Crippen molar-refractivity contribution >= 4 is 51.1 Å². The van der Waals surface area contributed by atoms with E-state index >= 15 is 0 Å². The molecule has 1 saturated heterocycles. The number of Topliss-reactive ketones (excluding diaryl/α,β-unsaturated/α-hetero) is 2. The topological polar surface area (TPSA) is 72.9 Å². The van der Waals surface area contributed by atoms with E-state index in [2.05, 4.69) is 15.9 Å². The maximum atomic E-state index is 12.6. The lowest BCUT2D eigenvalue weighted by atomic mass is 9.90. The molecule has 4 rings (SSSR count). The first kappa shape index (κ1) is 23.9. The summed E-state index contributed by atoms with van der Waals surface area (Å²) in [5.41, 5.74) is 0.0261. The van der Waals surface area contributed by atoms with Gasteiger partial charge in [-0.25, -0.2) is 4.79 Å². The molecule has 1 aromatic rings. The molecule has 1 aromatic carbocycles. The van der Waals surface area contributed by atoms with E-state index < -0.39 is 22.8 Å². The van der Waals surface area contributed by atoms with Crippen molar-refractivity contribution in [3.05, 3.63) is 38.7 Å². The Hall–Kier alpha value is -1.80. The molecule has 1 fully saturated rings. The number of benzene rings is 1. The van der Waals surface area contributed by atoms with E-state index in [1.807, 2.05) is 40.7 Å². The number of thioether (sulfide) groups is 1. The number of ether oxygens (including phenoxy) is 2. The molecule has 0 N–H and O–H groups in total. The highest BCUT2D eigenvalue weighted by Gasteiger charge is 2.46. The van der Waals surface area contributed by atoms with Gasteiger partial charge in [-0.2, -0.15) is 0 Å². The molecule has 3 aliphatic rings. The third kappa shape index (κ3) is 4.85. The largest absolute Gasteiger partial charge is 0.484 e. The second kappa shape index (κ2) is 8.98. The van der Waals surface area contributed by atoms with E-state index in [0.29, 0.717) is 53.5 Å². The molecular weight excluding hydrogens is 482 g/mol. The number of halogens is 1. The Morgan fingerprint density at radius 3 is 2.39 bits per heavy atom. The van der Waals surface area contributed by atoms with Crippen LogP contribution < -0.4 is 0 Å². The zero-order valence-corrected chi connectivity index (χ0v) is 20.9. The van der Waals surface area contributed by atoms with Gasteiger partial charge in [0.2, 0.25) is 11.6 Å². The summed E-state index contributed by atoms with van der Waals surface area (Å²) >= 11 is 4.83. The lowest BCUT2D eigenvalue weighted by Crippen LogP contribution is -2.51. The number of likely N-dealkylation sites (tertiary alicyclic amines) is 1. The van der Waals surface area contributed by atoms with Crippen LogP contribution in [0.15, 0.2) is 27.6 Å². The van der Waals surface area contributed by atoms with Crippen LogP contribution in [0, 0.1) is 0 Å². The zero-order valence-electron chi connectivity index (χ0n) is 18.5. The molecule has 0 bridgehead atoms. The number of hydrogen-bond donors (Lipinski definition) is 0. The third-order valence-corrected chi connectivity index (χ3v) is 7.04. The molecule has 0 unspecified atom stereocenters. The van der Waals surface area contributed by atoms with Gasteiger partial charge >= 0.3 is 6.09 Å². The van der Waals surface area contributed by atoms with Crippen molar-refractivity contribution < 1.29 is 23.9 Å². The summed E-state index contributed by atoms with van der Waals surface area (Å²) in [6, 6.07) is 5.23. The van der Waals surface area contributed by atoms with Gasteiger partial charge in [0, 0.05) is 47.3 Å². The maximum absolute atomic E-state index is 12.6. The second-order valence-corrected chi connectivity index (χ2v) is 10.4. The molecule has 1 amide bonds. The number of carbonyl (C=O) groups is 3. The molecule has 0 radical (unpaired) electrons. The highest BCUT2D eigenvalue weighted by molar-refractivity contribution is 9.10. The minimum atomic E-state index is -0.533. The Bertz CT molecular complexity index is 942. The van der Waals surface area contributed by atoms with Gasteiger partial charge in [-0.05, 0) is 39.0 Å². The van der Waals surface area contributed by atoms with Gasteiger partial charge in [0.25, 0.3) is 0 Å². The average molecular weight is 510 g/mol. The van der Waals surface area contributed by atoms with E-state index in [1.165, 1.54) is 11.8 Å². The number of ketones is 2. The predicted octanol–water partition coefficient (Wildman–Crippen LogP) is 5.44. The summed E-state index contributed by atoms with van der Waals surface area (Å²) in [4.78, 5) is 39.5. The molecule has 1 aliphatic carbocycles. The molecule has 0 saturated carbocycles. The Morgan fingerprint density at radius 1 is 1.13 bits per heavy atom. The Balaban J connectivity index is 0.00000132. The summed E-state index contributed by atoms with van der Waals surface area (Å²) in [6.07, 6.45) is 0.964. The van der Waals surface area contributed by atoms with Crippen molar-refractivity contribution in [3.8, 4) is 0 Å². The fraction of sp³-hybridized carbons (Fsp3) is 0.522. The lowest BCUT2D eigenvalue weighted by molar-refractivity contribution is -0.111. The molecule has 2 heterocycles. The van der Waals surface area contributed by atoms with Gasteiger partial charge < -0.3 is 14.4 Å². The molecule has 0 atom stereocenters. The van der Waals surface area contributed by atoms with Crippen molar-refractivity contribution in [2.75, 3.05) is 18.8 Å². The van der Waals surface area contributed by atoms with Crippen LogP contribution in [0.4, 0.5) is 4.79 Å². The van der Waals surface area contributed by atoms with Crippen molar-refractivity contribution in [2.24, 2.45) is 0 Å². The van der Waals surface area contributed by atoms with Gasteiger partial charge in [-0.15, -0.1) is 11.8 Å². The molecule has 0 aromatic heterocycles. The first-order valence-corrected chi connectivity index (χ1v) is 12.3. The van der Waals surface area contributed by atoms with Gasteiger partial charge in [0.05, 0.1) is 0 Å². The van der Waals surface area contributed by atoms with Crippen LogP contribution in [0.3, 0.4) is 0 Å². The van der Waals surface area contributed by atoms with E-state index in [0.717, 1.165) is 4.47 Å². The van der Waals surface area contributed by atoms with Crippen LogP contribution in [0.25, 0.3) is 5.76 Å². The smallest absolute Gasteiger partial charge is 0.410 e. The number of hydrogen-bond acceptors (Lipinski definition) is 6. The van der Waals surface area contributed by atoms with E-state index in [1.54, 1.807) is 17.0 Å². The fourth-order valence-corrected chi connectivity index (χ4v) is 5.33. The van der Waals surface area contributed by atoms with E-state index in [4.69, 9.17) is 9.47 Å². The molecule has 168 valence electrons. The Kier molecular flexibility index (Phi) is 6.91. The Labute approximate surface area is 195 Å². The molecule has 2 aliphatic heterocycles. The van der Waals surface area contributed by atoms with Crippen LogP contribution in [-0.2, 0) is 14.3 Å². The van der Waals surface area contributed by atoms with E-state index in [9.17, 15) is 14.4 Å². The third-order valence-electron chi connectivity index (χ3n) is 5.21. The van der Waals surface area contributed by atoms with Crippen LogP contribution in [0.2, 0.25) is 0 Å². The molecular formula is C23H28BrNO5S. The Morgan fingerprint density at radius 2 is 1.77 bits per heavy atom. The highest BCUT2D eigenvalue weighted by atomic mass is 79.9. The molecule has 8 heteroatoms. The summed E-state index contributed by atoms with van der Waals surface area (Å²) in [7, 11) is 0. The average Bonchev–Trinajstić information content (AvgIpc) is 2.72. The number of rotatable bonds is 0. The van der Waals surface area contributed by atoms with Crippen LogP contribution in [0.1, 0.15) is 63.4 Å². The van der Waals surface area contributed by atoms with Crippen LogP contribution >= 0.6 is 27.7 Å². The van der Waals surface area contributed by atoms with Crippen molar-refractivity contribution in [1.82, 2.24) is 4.90 Å². The number of allylic oxidation sites excluding steroid dienone is 1. The quantitative estimate of drug-likeness (QED) is 0.433. The van der Waals surface area contributed by atoms with Gasteiger partial charge in [0.15, 0.2) is 0 Å². The first-order chi connectivity index (χ1) is 14.6. The summed E-state index contributed by atoms with van der Waals surface area (Å²) in [6.45, 7) is 10.6. The molecule has 1 spiro atoms. The lowest BCUT2D eigenvalue weighted by Gasteiger charge is -2.45. The van der Waals surface area contributed by atoms with Gasteiger partial charge in [0.1, 0.15) is 21.9 Å². The number of carbonyl (C=O) groups excluding carboxylic acids is 3. The second-order valence-electron chi connectivity index (χ2n) is 8.55. The van der Waals surface area contributed by atoms with Crippen molar-refractivity contribution in [3.63, 3.8) is 0 Å². The van der Waals surface area contributed by atoms with Crippen LogP contribution in [0.5, 0.6) is 0 Å². The molecule has 31 heavy (non-hydrogen) atoms. The predicted molar refractivity (Wildman–Crippen MR) is 125 cm³/mol. The summed E-state index contributed by atoms with van der Waals surface area (Å²) < 4.78 is 12.7. The highest BCUT2D eigenvalue weighted by Crippen LogP contribution is 2.47. The zero-order chi connectivity index (χ0) is 23.0. The summed E-state index contributed by atoms with van der Waals surface area (Å²) in [5.74, 6) is 0.0860. The normalized spacial score (nSPS) is 19.7. The fourth-order valence-electron chi connectivity index (χ4n) is 3.70. The summed E-state index contributed by atoms with van der Waals surface area (Å²) in [5, 5.41) is 0. The van der Waals surface area contributed by atoms with Gasteiger partial charge in [-0.3, -0.25) is 9.59 Å². The van der Waals surface area contributed by atoms with E-state index in [-0.39, 0.29) is 6.09 Å². The minimum Gasteiger partial charge on any atom is -0.484 e. The van der Waals surface area contributed by atoms with Crippen LogP contribution in [-0.4, -0.2) is 52.6 Å². The molecule has 6 nitrogen and oxygen atoms in total. The van der Waals surface area contributed by atoms with Gasteiger partial charge in [-0.1, -0.05) is 29.8 Å². The number of nitrogens with zero attached hydrogens (tertiary/aromatic N) is 1. The first-order valence-electron chi connectivity index (χ1n) is 10.5. The number of fused-ring (bicyclic) bond motifs is 2. The maximum Gasteiger partial charge on any atom is 0.410 e.